The van der Waals surface area contributed by atoms with E-state index in [1.807, 2.05) is 0 Å². The third kappa shape index (κ3) is 4.26. The van der Waals surface area contributed by atoms with Gasteiger partial charge >= 0.3 is 6.18 Å². The van der Waals surface area contributed by atoms with Gasteiger partial charge in [-0.05, 0) is 60.7 Å². The molecule has 7 nitrogen and oxygen atoms in total. The van der Waals surface area contributed by atoms with E-state index in [0.29, 0.717) is 46.3 Å². The van der Waals surface area contributed by atoms with Crippen LogP contribution in [0.1, 0.15) is 69.4 Å². The van der Waals surface area contributed by atoms with Gasteiger partial charge in [-0.3, -0.25) is 4.79 Å². The lowest BCUT2D eigenvalue weighted by atomic mass is 9.99. The highest BCUT2D eigenvalue weighted by atomic mass is 19.4. The predicted molar refractivity (Wildman–Crippen MR) is 134 cm³/mol. The summed E-state index contributed by atoms with van der Waals surface area (Å²) in [5, 5.41) is 0.562. The Morgan fingerprint density at radius 3 is 2.62 bits per heavy atom. The van der Waals surface area contributed by atoms with Crippen molar-refractivity contribution in [3.8, 4) is 0 Å². The molecule has 0 bridgehead atoms. The smallest absolute Gasteiger partial charge is 0.383 e. The van der Waals surface area contributed by atoms with E-state index in [4.69, 9.17) is 10.5 Å². The van der Waals surface area contributed by atoms with Crippen LogP contribution in [0.25, 0.3) is 10.9 Å². The third-order valence-electron chi connectivity index (χ3n) is 7.51. The monoisotopic (exact) mass is 537 g/mol. The number of fused-ring (bicyclic) bond motifs is 4. The molecule has 3 heterocycles. The maximum absolute atomic E-state index is 15.5. The molecule has 0 unspecified atom stereocenters. The zero-order valence-corrected chi connectivity index (χ0v) is 20.8. The third-order valence-corrected chi connectivity index (χ3v) is 7.51. The van der Waals surface area contributed by atoms with Gasteiger partial charge in [0, 0.05) is 29.4 Å². The van der Waals surface area contributed by atoms with E-state index in [1.165, 1.54) is 35.5 Å². The van der Waals surface area contributed by atoms with Gasteiger partial charge in [0.05, 0.1) is 41.9 Å². The van der Waals surface area contributed by atoms with Crippen molar-refractivity contribution in [2.45, 2.75) is 51.2 Å². The molecule has 1 aliphatic carbocycles. The van der Waals surface area contributed by atoms with Crippen molar-refractivity contribution >= 4 is 22.6 Å². The van der Waals surface area contributed by atoms with Gasteiger partial charge in [0.1, 0.15) is 17.5 Å². The molecule has 11 heteroatoms. The summed E-state index contributed by atoms with van der Waals surface area (Å²) >= 11 is 0. The van der Waals surface area contributed by atoms with E-state index in [1.54, 1.807) is 13.0 Å². The Hall–Kier alpha value is -4.12. The zero-order chi connectivity index (χ0) is 27.5. The maximum Gasteiger partial charge on any atom is 0.416 e. The molecule has 2 aromatic heterocycles. The maximum atomic E-state index is 15.5. The van der Waals surface area contributed by atoms with Gasteiger partial charge in [-0.2, -0.15) is 13.2 Å². The Morgan fingerprint density at radius 2 is 1.87 bits per heavy atom. The first-order valence-electron chi connectivity index (χ1n) is 12.4. The number of pyridine rings is 1. The number of hydrogen-bond donors (Lipinski definition) is 1. The van der Waals surface area contributed by atoms with Gasteiger partial charge in [-0.1, -0.05) is 6.07 Å². The van der Waals surface area contributed by atoms with Crippen LogP contribution in [0.3, 0.4) is 0 Å². The van der Waals surface area contributed by atoms with Crippen molar-refractivity contribution in [1.29, 1.82) is 0 Å². The molecule has 2 atom stereocenters. The number of anilines is 1. The molecule has 200 valence electrons. The molecule has 1 aliphatic heterocycles. The Morgan fingerprint density at radius 1 is 1.13 bits per heavy atom. The predicted octanol–water partition coefficient (Wildman–Crippen LogP) is 5.69. The first-order valence-corrected chi connectivity index (χ1v) is 12.4. The number of rotatable bonds is 4. The molecule has 2 N–H and O–H groups in total. The minimum absolute atomic E-state index is 0.189. The number of benzene rings is 2. The Balaban J connectivity index is 1.47. The van der Waals surface area contributed by atoms with Crippen LogP contribution >= 0.6 is 0 Å². The van der Waals surface area contributed by atoms with Crippen molar-refractivity contribution in [1.82, 2.24) is 19.9 Å². The summed E-state index contributed by atoms with van der Waals surface area (Å²) in [6.07, 6.45) is -0.699. The van der Waals surface area contributed by atoms with Crippen molar-refractivity contribution in [2.75, 3.05) is 5.73 Å². The van der Waals surface area contributed by atoms with Crippen molar-refractivity contribution in [2.24, 2.45) is 0 Å². The number of nitrogens with two attached hydrogens (primary N) is 1. The van der Waals surface area contributed by atoms with E-state index in [-0.39, 0.29) is 24.6 Å². The van der Waals surface area contributed by atoms with Crippen LogP contribution in [-0.4, -0.2) is 25.8 Å². The molecular formula is C28H23F4N5O2. The average Bonchev–Trinajstić information content (AvgIpc) is 3.57. The van der Waals surface area contributed by atoms with Gasteiger partial charge in [-0.15, -0.1) is 0 Å². The van der Waals surface area contributed by atoms with Crippen molar-refractivity contribution < 1.29 is 27.1 Å². The first-order chi connectivity index (χ1) is 18.6. The van der Waals surface area contributed by atoms with Gasteiger partial charge in [0.15, 0.2) is 0 Å². The van der Waals surface area contributed by atoms with E-state index in [9.17, 15) is 18.0 Å². The minimum atomic E-state index is -4.48. The van der Waals surface area contributed by atoms with Gasteiger partial charge < -0.3 is 15.4 Å². The fourth-order valence-electron chi connectivity index (χ4n) is 5.59. The second-order valence-electron chi connectivity index (χ2n) is 9.76. The van der Waals surface area contributed by atoms with Gasteiger partial charge in [0.25, 0.3) is 5.91 Å². The number of aromatic nitrogens is 3. The van der Waals surface area contributed by atoms with Crippen LogP contribution in [0.5, 0.6) is 0 Å². The standard InChI is InChI=1S/C28H23F4N5O2/c1-14(26-34-7-2-8-35-26)37(24-6-3-15-9-16(28(30,31)32)4-5-17(15)24)27(38)19-10-18-20-12-39-13-21(20)25(33)36-23(18)11-22(19)29/h2,4-5,7-11,14,24H,3,6,12-13H2,1H3,(H2,33,36)/t14-,24+/m0/s1. The molecule has 6 rings (SSSR count). The summed E-state index contributed by atoms with van der Waals surface area (Å²) in [5.74, 6) is -0.825. The summed E-state index contributed by atoms with van der Waals surface area (Å²) in [6.45, 7) is 2.26. The lowest BCUT2D eigenvalue weighted by Crippen LogP contribution is -2.37. The quantitative estimate of drug-likeness (QED) is 0.337. The number of nitrogen functional groups attached to an aromatic ring is 1. The summed E-state index contributed by atoms with van der Waals surface area (Å²) in [5.41, 5.74) is 7.95. The van der Waals surface area contributed by atoms with Crippen LogP contribution in [0.4, 0.5) is 23.4 Å². The normalized spacial score (nSPS) is 17.2. The highest BCUT2D eigenvalue weighted by Gasteiger charge is 2.39. The number of ether oxygens (including phenoxy) is 1. The SMILES string of the molecule is C[C@@H](c1ncccn1)N(C(=O)c1cc2c3c(c(N)nc2cc1F)COC3)[C@@H]1CCc2cc(C(F)(F)F)ccc21. The second kappa shape index (κ2) is 9.26. The molecule has 0 saturated heterocycles. The van der Waals surface area contributed by atoms with Gasteiger partial charge in [-0.25, -0.2) is 19.3 Å². The fraction of sp³-hybridized carbons (Fsp3) is 0.286. The zero-order valence-electron chi connectivity index (χ0n) is 20.8. The van der Waals surface area contributed by atoms with E-state index in [0.717, 1.165) is 17.7 Å². The molecule has 0 fully saturated rings. The van der Waals surface area contributed by atoms with Crippen molar-refractivity contribution in [3.05, 3.63) is 93.8 Å². The molecule has 0 saturated carbocycles. The number of aryl methyl sites for hydroxylation is 1. The summed E-state index contributed by atoms with van der Waals surface area (Å²) in [6, 6.07) is 6.50. The Labute approximate surface area is 220 Å². The fourth-order valence-corrected chi connectivity index (χ4v) is 5.59. The molecule has 0 radical (unpaired) electrons. The molecule has 0 spiro atoms. The highest BCUT2D eigenvalue weighted by molar-refractivity contribution is 6.00. The topological polar surface area (TPSA) is 94.2 Å². The number of halogens is 4. The molecule has 2 aliphatic rings. The number of amides is 1. The van der Waals surface area contributed by atoms with E-state index < -0.39 is 35.5 Å². The number of alkyl halides is 3. The van der Waals surface area contributed by atoms with Crippen LogP contribution in [0.15, 0.2) is 48.8 Å². The molecule has 39 heavy (non-hydrogen) atoms. The first kappa shape index (κ1) is 25.2. The van der Waals surface area contributed by atoms with Crippen LogP contribution in [0.2, 0.25) is 0 Å². The summed E-state index contributed by atoms with van der Waals surface area (Å²) in [4.78, 5) is 28.5. The minimum Gasteiger partial charge on any atom is -0.383 e. The molecular weight excluding hydrogens is 514 g/mol. The molecule has 1 amide bonds. The number of carbonyl (C=O) groups excluding carboxylic acids is 1. The van der Waals surface area contributed by atoms with Gasteiger partial charge in [0.2, 0.25) is 0 Å². The van der Waals surface area contributed by atoms with Crippen molar-refractivity contribution in [3.63, 3.8) is 0 Å². The Bertz CT molecular complexity index is 1610. The summed E-state index contributed by atoms with van der Waals surface area (Å²) < 4.78 is 61.1. The lowest BCUT2D eigenvalue weighted by Gasteiger charge is -2.34. The molecule has 4 aromatic rings. The summed E-state index contributed by atoms with van der Waals surface area (Å²) in [7, 11) is 0. The number of carbonyl (C=O) groups is 1. The second-order valence-corrected chi connectivity index (χ2v) is 9.76. The van der Waals surface area contributed by atoms with Crippen LogP contribution < -0.4 is 5.73 Å². The van der Waals surface area contributed by atoms with E-state index in [2.05, 4.69) is 15.0 Å². The number of nitrogens with zero attached hydrogens (tertiary/aromatic N) is 4. The highest BCUT2D eigenvalue weighted by Crippen LogP contribution is 2.43. The van der Waals surface area contributed by atoms with Crippen LogP contribution in [0, 0.1) is 5.82 Å². The lowest BCUT2D eigenvalue weighted by molar-refractivity contribution is -0.137. The average molecular weight is 538 g/mol. The Kier molecular flexibility index (Phi) is 5.98. The largest absolute Gasteiger partial charge is 0.416 e. The molecule has 2 aromatic carbocycles. The van der Waals surface area contributed by atoms with Crippen LogP contribution in [-0.2, 0) is 30.5 Å². The van der Waals surface area contributed by atoms with E-state index >= 15 is 4.39 Å². The number of hydrogen-bond acceptors (Lipinski definition) is 6.